The topological polar surface area (TPSA) is 104 Å². The van der Waals surface area contributed by atoms with Gasteiger partial charge in [0.25, 0.3) is 0 Å². The number of carboxylic acid groups (broad SMARTS) is 1. The molecule has 0 bridgehead atoms. The highest BCUT2D eigenvalue weighted by atomic mass is 35.5. The second kappa shape index (κ2) is 6.98. The van der Waals surface area contributed by atoms with Gasteiger partial charge in [-0.2, -0.15) is 0 Å². The molecule has 0 saturated heterocycles. The summed E-state index contributed by atoms with van der Waals surface area (Å²) in [6.45, 7) is 2.11. The van der Waals surface area contributed by atoms with Gasteiger partial charge in [-0.25, -0.2) is 14.8 Å². The van der Waals surface area contributed by atoms with Crippen molar-refractivity contribution in [2.45, 2.75) is 13.0 Å². The number of rotatable bonds is 4. The van der Waals surface area contributed by atoms with Gasteiger partial charge in [0.15, 0.2) is 5.82 Å². The van der Waals surface area contributed by atoms with Crippen molar-refractivity contribution in [1.82, 2.24) is 4.98 Å². The second-order valence-electron chi connectivity index (χ2n) is 5.61. The minimum Gasteiger partial charge on any atom is -0.465 e. The number of aromatic nitrogens is 1. The first-order valence-corrected chi connectivity index (χ1v) is 8.32. The van der Waals surface area contributed by atoms with Gasteiger partial charge in [-0.05, 0) is 12.5 Å². The van der Waals surface area contributed by atoms with Gasteiger partial charge >= 0.3 is 6.09 Å². The molecule has 0 saturated carbocycles. The lowest BCUT2D eigenvalue weighted by Crippen LogP contribution is -2.33. The maximum Gasteiger partial charge on any atom is 0.413 e. The average molecular weight is 360 g/mol. The summed E-state index contributed by atoms with van der Waals surface area (Å²) in [5.74, 6) is 0.550. The SMILES string of the molecule is C[C@@H]1Nc2cc(N(CCCl)C(=O)O)nc(N)c2N=C1c1ccccc1. The Bertz CT molecular complexity index is 825. The summed E-state index contributed by atoms with van der Waals surface area (Å²) >= 11 is 5.68. The van der Waals surface area contributed by atoms with Gasteiger partial charge in [0.05, 0.1) is 17.4 Å². The molecule has 0 unspecified atom stereocenters. The van der Waals surface area contributed by atoms with Crippen molar-refractivity contribution in [2.75, 3.05) is 28.4 Å². The van der Waals surface area contributed by atoms with Crippen LogP contribution < -0.4 is 16.0 Å². The molecule has 0 spiro atoms. The van der Waals surface area contributed by atoms with Crippen molar-refractivity contribution in [3.05, 3.63) is 42.0 Å². The highest BCUT2D eigenvalue weighted by Crippen LogP contribution is 2.38. The Kier molecular flexibility index (Phi) is 4.76. The van der Waals surface area contributed by atoms with Crippen LogP contribution >= 0.6 is 11.6 Å². The number of benzene rings is 1. The Morgan fingerprint density at radius 1 is 1.40 bits per heavy atom. The summed E-state index contributed by atoms with van der Waals surface area (Å²) in [5, 5.41) is 12.7. The van der Waals surface area contributed by atoms with E-state index in [0.29, 0.717) is 11.4 Å². The summed E-state index contributed by atoms with van der Waals surface area (Å²) in [6, 6.07) is 11.4. The second-order valence-corrected chi connectivity index (χ2v) is 5.99. The van der Waals surface area contributed by atoms with Crippen LogP contribution in [0.1, 0.15) is 12.5 Å². The van der Waals surface area contributed by atoms with Crippen LogP contribution in [0.25, 0.3) is 0 Å². The van der Waals surface area contributed by atoms with Crippen LogP contribution in [0.4, 0.5) is 27.8 Å². The van der Waals surface area contributed by atoms with Crippen LogP contribution in [0.5, 0.6) is 0 Å². The summed E-state index contributed by atoms with van der Waals surface area (Å²) in [6.07, 6.45) is -1.13. The highest BCUT2D eigenvalue weighted by molar-refractivity contribution is 6.18. The molecule has 2 heterocycles. The first-order chi connectivity index (χ1) is 12.0. The van der Waals surface area contributed by atoms with Crippen molar-refractivity contribution in [3.8, 4) is 0 Å². The van der Waals surface area contributed by atoms with Gasteiger partial charge < -0.3 is 16.2 Å². The van der Waals surface area contributed by atoms with Crippen LogP contribution in [-0.2, 0) is 0 Å². The predicted octanol–water partition coefficient (Wildman–Crippen LogP) is 3.32. The molecule has 8 heteroatoms. The van der Waals surface area contributed by atoms with E-state index in [9.17, 15) is 9.90 Å². The van der Waals surface area contributed by atoms with Gasteiger partial charge in [0, 0.05) is 18.5 Å². The summed E-state index contributed by atoms with van der Waals surface area (Å²) in [5.41, 5.74) is 9.05. The van der Waals surface area contributed by atoms with Crippen LogP contribution in [0.15, 0.2) is 41.4 Å². The summed E-state index contributed by atoms with van der Waals surface area (Å²) < 4.78 is 0. The van der Waals surface area contributed by atoms with Gasteiger partial charge in [-0.3, -0.25) is 4.90 Å². The number of nitrogens with two attached hydrogens (primary N) is 1. The van der Waals surface area contributed by atoms with E-state index in [0.717, 1.165) is 16.2 Å². The standard InChI is InChI=1S/C17H18ClN5O2/c1-10-14(11-5-3-2-4-6-11)22-15-12(20-10)9-13(21-16(15)19)23(8-7-18)17(24)25/h2-6,9-10,20H,7-8H2,1H3,(H2,19,21)(H,24,25)/t10-/m0/s1. The quantitative estimate of drug-likeness (QED) is 0.726. The van der Waals surface area contributed by atoms with Crippen LogP contribution in [0.2, 0.25) is 0 Å². The predicted molar refractivity (Wildman–Crippen MR) is 100 cm³/mol. The van der Waals surface area contributed by atoms with Gasteiger partial charge in [0.2, 0.25) is 0 Å². The number of amides is 1. The van der Waals surface area contributed by atoms with E-state index in [1.807, 2.05) is 37.3 Å². The monoisotopic (exact) mass is 359 g/mol. The third-order valence-electron chi connectivity index (χ3n) is 3.91. The van der Waals surface area contributed by atoms with Crippen molar-refractivity contribution < 1.29 is 9.90 Å². The van der Waals surface area contributed by atoms with Gasteiger partial charge in [0.1, 0.15) is 11.5 Å². The maximum atomic E-state index is 11.4. The number of nitrogens with one attached hydrogen (secondary N) is 1. The largest absolute Gasteiger partial charge is 0.465 e. The molecule has 1 aromatic heterocycles. The van der Waals surface area contributed by atoms with E-state index >= 15 is 0 Å². The number of nitrogen functional groups attached to an aromatic ring is 1. The number of pyridine rings is 1. The molecular formula is C17H18ClN5O2. The zero-order valence-electron chi connectivity index (χ0n) is 13.6. The molecule has 0 aliphatic carbocycles. The average Bonchev–Trinajstić information content (AvgIpc) is 2.59. The Morgan fingerprint density at radius 2 is 2.12 bits per heavy atom. The van der Waals surface area contributed by atoms with Crippen LogP contribution in [0, 0.1) is 0 Å². The number of halogens is 1. The fourth-order valence-corrected chi connectivity index (χ4v) is 2.91. The normalized spacial score (nSPS) is 15.8. The zero-order chi connectivity index (χ0) is 18.0. The van der Waals surface area contributed by atoms with E-state index in [2.05, 4.69) is 15.3 Å². The number of hydrogen-bond acceptors (Lipinski definition) is 5. The lowest BCUT2D eigenvalue weighted by molar-refractivity contribution is 0.202. The molecule has 4 N–H and O–H groups in total. The molecule has 25 heavy (non-hydrogen) atoms. The first-order valence-electron chi connectivity index (χ1n) is 7.78. The highest BCUT2D eigenvalue weighted by Gasteiger charge is 2.25. The summed E-state index contributed by atoms with van der Waals surface area (Å²) in [4.78, 5) is 21.3. The molecule has 3 rings (SSSR count). The fourth-order valence-electron chi connectivity index (χ4n) is 2.74. The van der Waals surface area contributed by atoms with Crippen LogP contribution in [0.3, 0.4) is 0 Å². The molecule has 130 valence electrons. The van der Waals surface area contributed by atoms with E-state index in [1.165, 1.54) is 0 Å². The Balaban J connectivity index is 2.05. The first kappa shape index (κ1) is 17.0. The van der Waals surface area contributed by atoms with Crippen molar-refractivity contribution >= 4 is 46.4 Å². The molecule has 2 aromatic rings. The Hall–Kier alpha value is -2.80. The number of carbonyl (C=O) groups is 1. The Labute approximate surface area is 150 Å². The van der Waals surface area contributed by atoms with Gasteiger partial charge in [-0.15, -0.1) is 11.6 Å². The number of hydrogen-bond donors (Lipinski definition) is 3. The lowest BCUT2D eigenvalue weighted by Gasteiger charge is -2.27. The number of aliphatic imine (C=N–C) groups is 1. The van der Waals surface area contributed by atoms with Crippen molar-refractivity contribution in [3.63, 3.8) is 0 Å². The summed E-state index contributed by atoms with van der Waals surface area (Å²) in [7, 11) is 0. The molecule has 0 fully saturated rings. The van der Waals surface area contributed by atoms with Gasteiger partial charge in [-0.1, -0.05) is 30.3 Å². The number of nitrogens with zero attached hydrogens (tertiary/aromatic N) is 3. The van der Waals surface area contributed by atoms with E-state index in [1.54, 1.807) is 6.07 Å². The Morgan fingerprint density at radius 3 is 2.76 bits per heavy atom. The maximum absolute atomic E-state index is 11.4. The third kappa shape index (κ3) is 3.36. The number of fused-ring (bicyclic) bond motifs is 1. The van der Waals surface area contributed by atoms with E-state index in [-0.39, 0.29) is 30.1 Å². The minimum atomic E-state index is -1.13. The third-order valence-corrected chi connectivity index (χ3v) is 4.07. The van der Waals surface area contributed by atoms with Crippen LogP contribution in [-0.4, -0.2) is 40.4 Å². The van der Waals surface area contributed by atoms with E-state index < -0.39 is 6.09 Å². The van der Waals surface area contributed by atoms with Crippen molar-refractivity contribution in [2.24, 2.45) is 4.99 Å². The molecular weight excluding hydrogens is 342 g/mol. The molecule has 0 radical (unpaired) electrons. The molecule has 1 aromatic carbocycles. The molecule has 1 aliphatic heterocycles. The lowest BCUT2D eigenvalue weighted by atomic mass is 10.0. The minimum absolute atomic E-state index is 0.0594. The zero-order valence-corrected chi connectivity index (χ0v) is 14.4. The van der Waals surface area contributed by atoms with E-state index in [4.69, 9.17) is 17.3 Å². The fraction of sp³-hybridized carbons (Fsp3) is 0.235. The smallest absolute Gasteiger partial charge is 0.413 e. The number of anilines is 3. The molecule has 1 amide bonds. The molecule has 7 nitrogen and oxygen atoms in total. The van der Waals surface area contributed by atoms with Crippen molar-refractivity contribution in [1.29, 1.82) is 0 Å². The molecule has 1 aliphatic rings. The number of alkyl halides is 1. The molecule has 1 atom stereocenters.